The number of hydrogen-bond acceptors (Lipinski definition) is 4. The Morgan fingerprint density at radius 2 is 1.73 bits per heavy atom. The molecule has 156 valence electrons. The van der Waals surface area contributed by atoms with Crippen molar-refractivity contribution in [1.29, 1.82) is 0 Å². The van der Waals surface area contributed by atoms with Gasteiger partial charge in [0, 0.05) is 5.69 Å². The molecule has 30 heavy (non-hydrogen) atoms. The van der Waals surface area contributed by atoms with E-state index in [1.807, 2.05) is 6.07 Å². The van der Waals surface area contributed by atoms with Crippen LogP contribution >= 0.6 is 0 Å². The molecule has 1 aromatic heterocycles. The molecular weight excluding hydrogens is 401 g/mol. The summed E-state index contributed by atoms with van der Waals surface area (Å²) in [6, 6.07) is 15.0. The average molecular weight is 418 g/mol. The van der Waals surface area contributed by atoms with Gasteiger partial charge in [0.15, 0.2) is 5.76 Å². The Labute approximate surface area is 169 Å². The van der Waals surface area contributed by atoms with Gasteiger partial charge in [-0.05, 0) is 35.9 Å². The maximum Gasteiger partial charge on any atom is 0.418 e. The van der Waals surface area contributed by atoms with Gasteiger partial charge in [0.25, 0.3) is 5.91 Å². The second-order valence-corrected chi connectivity index (χ2v) is 6.22. The number of carbonyl (C=O) groups is 2. The molecule has 6 nitrogen and oxygen atoms in total. The summed E-state index contributed by atoms with van der Waals surface area (Å²) >= 11 is 0. The summed E-state index contributed by atoms with van der Waals surface area (Å²) in [7, 11) is 0. The fraction of sp³-hybridized carbons (Fsp3) is 0.143. The van der Waals surface area contributed by atoms with Crippen LogP contribution in [0.4, 0.5) is 24.5 Å². The highest BCUT2D eigenvalue weighted by Gasteiger charge is 2.34. The Balaban J connectivity index is 1.66. The molecule has 0 radical (unpaired) electrons. The van der Waals surface area contributed by atoms with Crippen molar-refractivity contribution >= 4 is 23.2 Å². The largest absolute Gasteiger partial charge is 0.459 e. The van der Waals surface area contributed by atoms with Crippen molar-refractivity contribution in [2.24, 2.45) is 0 Å². The topological polar surface area (TPSA) is 80.6 Å². The van der Waals surface area contributed by atoms with E-state index in [1.54, 1.807) is 24.3 Å². The van der Waals surface area contributed by atoms with Crippen LogP contribution in [0.3, 0.4) is 0 Å². The Hall–Kier alpha value is -3.59. The Bertz CT molecular complexity index is 1000. The number of rotatable bonds is 7. The third kappa shape index (κ3) is 5.71. The van der Waals surface area contributed by atoms with E-state index in [4.69, 9.17) is 9.15 Å². The minimum Gasteiger partial charge on any atom is -0.459 e. The van der Waals surface area contributed by atoms with Crippen molar-refractivity contribution in [3.05, 3.63) is 83.8 Å². The van der Waals surface area contributed by atoms with Crippen LogP contribution in [0.2, 0.25) is 0 Å². The second kappa shape index (κ2) is 9.27. The average Bonchev–Trinajstić information content (AvgIpc) is 3.24. The van der Waals surface area contributed by atoms with Gasteiger partial charge in [-0.15, -0.1) is 0 Å². The molecule has 0 spiro atoms. The van der Waals surface area contributed by atoms with Gasteiger partial charge in [0.1, 0.15) is 6.61 Å². The lowest BCUT2D eigenvalue weighted by Gasteiger charge is -2.16. The Morgan fingerprint density at radius 3 is 2.40 bits per heavy atom. The van der Waals surface area contributed by atoms with E-state index in [0.717, 1.165) is 17.7 Å². The first kappa shape index (κ1) is 21.1. The van der Waals surface area contributed by atoms with Crippen LogP contribution in [0.5, 0.6) is 0 Å². The summed E-state index contributed by atoms with van der Waals surface area (Å²) in [5, 5.41) is 4.52. The number of furan rings is 1. The number of halogens is 3. The molecular formula is C21H17F3N2O4. The first-order valence-electron chi connectivity index (χ1n) is 8.80. The molecule has 0 aliphatic carbocycles. The molecule has 0 unspecified atom stereocenters. The summed E-state index contributed by atoms with van der Waals surface area (Å²) in [5.74, 6) is -1.47. The summed E-state index contributed by atoms with van der Waals surface area (Å²) in [4.78, 5) is 24.0. The van der Waals surface area contributed by atoms with Gasteiger partial charge in [-0.3, -0.25) is 9.59 Å². The van der Waals surface area contributed by atoms with Crippen LogP contribution in [0.25, 0.3) is 0 Å². The van der Waals surface area contributed by atoms with E-state index in [0.29, 0.717) is 0 Å². The normalized spacial score (nSPS) is 11.2. The molecule has 3 rings (SSSR count). The van der Waals surface area contributed by atoms with Crippen LogP contribution in [-0.2, 0) is 22.3 Å². The van der Waals surface area contributed by atoms with Gasteiger partial charge < -0.3 is 19.8 Å². The molecule has 0 saturated carbocycles. The van der Waals surface area contributed by atoms with Crippen LogP contribution in [0.15, 0.2) is 71.3 Å². The molecule has 0 aliphatic rings. The third-order valence-electron chi connectivity index (χ3n) is 3.95. The Morgan fingerprint density at radius 1 is 0.967 bits per heavy atom. The lowest BCUT2D eigenvalue weighted by Crippen LogP contribution is -2.21. The van der Waals surface area contributed by atoms with Gasteiger partial charge in [-0.1, -0.05) is 30.3 Å². The monoisotopic (exact) mass is 418 g/mol. The van der Waals surface area contributed by atoms with E-state index in [-0.39, 0.29) is 18.1 Å². The SMILES string of the molecule is O=C(COCc1ccccc1)Nc1ccc(NC(=O)c2ccco2)cc1C(F)(F)F. The molecule has 9 heteroatoms. The Kier molecular flexibility index (Phi) is 6.53. The van der Waals surface area contributed by atoms with Gasteiger partial charge >= 0.3 is 6.18 Å². The van der Waals surface area contributed by atoms with E-state index < -0.39 is 35.8 Å². The predicted molar refractivity (Wildman–Crippen MR) is 103 cm³/mol. The maximum absolute atomic E-state index is 13.4. The quantitative estimate of drug-likeness (QED) is 0.583. The fourth-order valence-corrected chi connectivity index (χ4v) is 2.59. The summed E-state index contributed by atoms with van der Waals surface area (Å²) in [6.45, 7) is -0.263. The van der Waals surface area contributed by atoms with Crippen molar-refractivity contribution in [3.63, 3.8) is 0 Å². The van der Waals surface area contributed by atoms with Crippen molar-refractivity contribution in [3.8, 4) is 0 Å². The van der Waals surface area contributed by atoms with Crippen LogP contribution in [0.1, 0.15) is 21.7 Å². The minimum absolute atomic E-state index is 0.0449. The van der Waals surface area contributed by atoms with Crippen molar-refractivity contribution in [2.45, 2.75) is 12.8 Å². The molecule has 0 bridgehead atoms. The number of ether oxygens (including phenoxy) is 1. The molecule has 0 aliphatic heterocycles. The summed E-state index contributed by atoms with van der Waals surface area (Å²) in [6.07, 6.45) is -3.48. The maximum atomic E-state index is 13.4. The number of benzene rings is 2. The van der Waals surface area contributed by atoms with Crippen LogP contribution in [-0.4, -0.2) is 18.4 Å². The van der Waals surface area contributed by atoms with E-state index >= 15 is 0 Å². The van der Waals surface area contributed by atoms with E-state index in [2.05, 4.69) is 10.6 Å². The number of nitrogens with one attached hydrogen (secondary N) is 2. The van der Waals surface area contributed by atoms with E-state index in [1.165, 1.54) is 24.5 Å². The van der Waals surface area contributed by atoms with Gasteiger partial charge in [-0.2, -0.15) is 13.2 Å². The molecule has 2 N–H and O–H groups in total. The predicted octanol–water partition coefficient (Wildman–Crippen LogP) is 4.71. The second-order valence-electron chi connectivity index (χ2n) is 6.22. The molecule has 0 atom stereocenters. The fourth-order valence-electron chi connectivity index (χ4n) is 2.59. The molecule has 3 aromatic rings. The molecule has 2 aromatic carbocycles. The number of anilines is 2. The highest BCUT2D eigenvalue weighted by molar-refractivity contribution is 6.02. The van der Waals surface area contributed by atoms with Crippen molar-refractivity contribution in [1.82, 2.24) is 0 Å². The standard InChI is InChI=1S/C21H17F3N2O4/c22-21(23,24)16-11-15(25-20(28)18-7-4-10-30-18)8-9-17(16)26-19(27)13-29-12-14-5-2-1-3-6-14/h1-11H,12-13H2,(H,25,28)(H,26,27). The molecule has 2 amide bonds. The van der Waals surface area contributed by atoms with Crippen molar-refractivity contribution in [2.75, 3.05) is 17.2 Å². The lowest BCUT2D eigenvalue weighted by molar-refractivity contribution is -0.137. The molecule has 0 saturated heterocycles. The summed E-state index contributed by atoms with van der Waals surface area (Å²) in [5.41, 5.74) is -0.803. The highest BCUT2D eigenvalue weighted by atomic mass is 19.4. The molecule has 0 fully saturated rings. The first-order valence-corrected chi connectivity index (χ1v) is 8.80. The van der Waals surface area contributed by atoms with Gasteiger partial charge in [0.05, 0.1) is 24.1 Å². The zero-order valence-electron chi connectivity index (χ0n) is 15.5. The lowest BCUT2D eigenvalue weighted by atomic mass is 10.1. The first-order chi connectivity index (χ1) is 14.3. The smallest absolute Gasteiger partial charge is 0.418 e. The van der Waals surface area contributed by atoms with Crippen LogP contribution in [0, 0.1) is 0 Å². The third-order valence-corrected chi connectivity index (χ3v) is 3.95. The van der Waals surface area contributed by atoms with Gasteiger partial charge in [-0.25, -0.2) is 0 Å². The highest BCUT2D eigenvalue weighted by Crippen LogP contribution is 2.36. The minimum atomic E-state index is -4.75. The number of alkyl halides is 3. The number of hydrogen-bond donors (Lipinski definition) is 2. The van der Waals surface area contributed by atoms with E-state index in [9.17, 15) is 22.8 Å². The number of amides is 2. The zero-order valence-corrected chi connectivity index (χ0v) is 15.5. The summed E-state index contributed by atoms with van der Waals surface area (Å²) < 4.78 is 50.5. The van der Waals surface area contributed by atoms with Crippen molar-refractivity contribution < 1.29 is 31.9 Å². The molecule has 1 heterocycles. The zero-order chi connectivity index (χ0) is 21.6. The van der Waals surface area contributed by atoms with Gasteiger partial charge in [0.2, 0.25) is 5.91 Å². The van der Waals surface area contributed by atoms with Crippen LogP contribution < -0.4 is 10.6 Å². The number of carbonyl (C=O) groups excluding carboxylic acids is 2.